The topological polar surface area (TPSA) is 41.1 Å². The minimum absolute atomic E-state index is 0.0219. The van der Waals surface area contributed by atoms with Crippen molar-refractivity contribution in [3.8, 4) is 0 Å². The van der Waals surface area contributed by atoms with E-state index in [1.54, 1.807) is 7.05 Å². The third-order valence-electron chi connectivity index (χ3n) is 0.988. The first kappa shape index (κ1) is 9.36. The fourth-order valence-corrected chi connectivity index (χ4v) is 0.419. The van der Waals surface area contributed by atoms with Gasteiger partial charge in [0.15, 0.2) is 5.11 Å². The molecule has 0 aliphatic rings. The lowest BCUT2D eigenvalue weighted by molar-refractivity contribution is -0.122. The average molecular weight is 160 g/mol. The highest BCUT2D eigenvalue weighted by Crippen LogP contribution is 1.89. The fourth-order valence-electron chi connectivity index (χ4n) is 0.319. The molecule has 3 nitrogen and oxygen atoms in total. The number of carbonyl (C=O) groups is 1. The van der Waals surface area contributed by atoms with Gasteiger partial charge in [-0.2, -0.15) is 0 Å². The first-order chi connectivity index (χ1) is 4.57. The first-order valence-corrected chi connectivity index (χ1v) is 3.51. The van der Waals surface area contributed by atoms with Crippen molar-refractivity contribution < 1.29 is 4.79 Å². The van der Waals surface area contributed by atoms with Crippen molar-refractivity contribution in [3.05, 3.63) is 0 Å². The predicted octanol–water partition coefficient (Wildman–Crippen LogP) is 0.263. The Bertz CT molecular complexity index is 145. The van der Waals surface area contributed by atoms with E-state index in [0.717, 1.165) is 0 Å². The third kappa shape index (κ3) is 3.40. The van der Waals surface area contributed by atoms with Gasteiger partial charge in [0, 0.05) is 13.0 Å². The molecule has 0 heterocycles. The number of hydrogen-bond acceptors (Lipinski definition) is 2. The summed E-state index contributed by atoms with van der Waals surface area (Å²) < 4.78 is 0. The van der Waals surface area contributed by atoms with E-state index in [0.29, 0.717) is 5.11 Å². The Morgan fingerprint density at radius 1 is 1.50 bits per heavy atom. The van der Waals surface area contributed by atoms with Crippen molar-refractivity contribution in [2.75, 3.05) is 7.05 Å². The highest BCUT2D eigenvalue weighted by molar-refractivity contribution is 7.80. The maximum absolute atomic E-state index is 10.9. The Labute approximate surface area is 66.2 Å². The number of carbonyl (C=O) groups excluding carboxylic acids is 1. The summed E-state index contributed by atoms with van der Waals surface area (Å²) in [6.07, 6.45) is 0. The lowest BCUT2D eigenvalue weighted by Gasteiger charge is -2.06. The molecule has 0 aliphatic carbocycles. The molecular weight excluding hydrogens is 148 g/mol. The molecule has 1 amide bonds. The zero-order valence-electron chi connectivity index (χ0n) is 6.39. The average Bonchev–Trinajstić information content (AvgIpc) is 1.87. The van der Waals surface area contributed by atoms with Crippen LogP contribution < -0.4 is 10.6 Å². The SMILES string of the molecule is CNC(=S)NC(=O)C(C)C. The summed E-state index contributed by atoms with van der Waals surface area (Å²) in [7, 11) is 1.67. The van der Waals surface area contributed by atoms with Crippen LogP contribution in [0.15, 0.2) is 0 Å². The molecule has 0 aromatic rings. The van der Waals surface area contributed by atoms with Gasteiger partial charge in [0.05, 0.1) is 0 Å². The van der Waals surface area contributed by atoms with Crippen LogP contribution in [-0.4, -0.2) is 18.1 Å². The Morgan fingerprint density at radius 3 is 2.30 bits per heavy atom. The Morgan fingerprint density at radius 2 is 2.00 bits per heavy atom. The summed E-state index contributed by atoms with van der Waals surface area (Å²) in [5.41, 5.74) is 0. The van der Waals surface area contributed by atoms with Crippen molar-refractivity contribution in [1.29, 1.82) is 0 Å². The molecule has 10 heavy (non-hydrogen) atoms. The van der Waals surface area contributed by atoms with E-state index in [9.17, 15) is 4.79 Å². The van der Waals surface area contributed by atoms with E-state index in [2.05, 4.69) is 10.6 Å². The van der Waals surface area contributed by atoms with E-state index >= 15 is 0 Å². The van der Waals surface area contributed by atoms with Gasteiger partial charge >= 0.3 is 0 Å². The highest BCUT2D eigenvalue weighted by atomic mass is 32.1. The van der Waals surface area contributed by atoms with Crippen LogP contribution in [0.1, 0.15) is 13.8 Å². The Hall–Kier alpha value is -0.640. The van der Waals surface area contributed by atoms with Crippen molar-refractivity contribution in [2.24, 2.45) is 5.92 Å². The standard InChI is InChI=1S/C6H12N2OS/c1-4(2)5(9)8-6(10)7-3/h4H,1-3H3,(H2,7,8,9,10). The second kappa shape index (κ2) is 4.22. The highest BCUT2D eigenvalue weighted by Gasteiger charge is 2.06. The molecule has 2 N–H and O–H groups in total. The quantitative estimate of drug-likeness (QED) is 0.541. The molecule has 0 bridgehead atoms. The molecule has 0 rings (SSSR count). The summed E-state index contributed by atoms with van der Waals surface area (Å²) in [6, 6.07) is 0. The van der Waals surface area contributed by atoms with E-state index in [1.807, 2.05) is 13.8 Å². The molecule has 0 unspecified atom stereocenters. The van der Waals surface area contributed by atoms with E-state index < -0.39 is 0 Å². The van der Waals surface area contributed by atoms with Crippen LogP contribution in [0.3, 0.4) is 0 Å². The zero-order chi connectivity index (χ0) is 8.15. The van der Waals surface area contributed by atoms with Crippen LogP contribution in [-0.2, 0) is 4.79 Å². The van der Waals surface area contributed by atoms with Crippen LogP contribution in [0, 0.1) is 5.92 Å². The van der Waals surface area contributed by atoms with E-state index in [-0.39, 0.29) is 11.8 Å². The third-order valence-corrected chi connectivity index (χ3v) is 1.29. The number of hydrogen-bond donors (Lipinski definition) is 2. The summed E-state index contributed by atoms with van der Waals surface area (Å²) in [6.45, 7) is 3.63. The molecule has 58 valence electrons. The number of nitrogens with one attached hydrogen (secondary N) is 2. The monoisotopic (exact) mass is 160 g/mol. The summed E-state index contributed by atoms with van der Waals surface area (Å²) in [5.74, 6) is -0.0781. The minimum Gasteiger partial charge on any atom is -0.365 e. The predicted molar refractivity (Wildman–Crippen MR) is 44.6 cm³/mol. The van der Waals surface area contributed by atoms with Gasteiger partial charge in [-0.25, -0.2) is 0 Å². The van der Waals surface area contributed by atoms with Gasteiger partial charge in [-0.15, -0.1) is 0 Å². The van der Waals surface area contributed by atoms with Crippen molar-refractivity contribution in [2.45, 2.75) is 13.8 Å². The molecule has 0 spiro atoms. The lowest BCUT2D eigenvalue weighted by atomic mass is 10.2. The van der Waals surface area contributed by atoms with Gasteiger partial charge in [0.2, 0.25) is 5.91 Å². The van der Waals surface area contributed by atoms with Crippen molar-refractivity contribution >= 4 is 23.2 Å². The zero-order valence-corrected chi connectivity index (χ0v) is 7.21. The minimum atomic E-state index is -0.0562. The smallest absolute Gasteiger partial charge is 0.228 e. The van der Waals surface area contributed by atoms with Gasteiger partial charge in [0.1, 0.15) is 0 Å². The lowest BCUT2D eigenvalue weighted by Crippen LogP contribution is -2.39. The molecular formula is C6H12N2OS. The molecule has 0 saturated carbocycles. The van der Waals surface area contributed by atoms with E-state index in [4.69, 9.17) is 12.2 Å². The number of rotatable bonds is 1. The molecule has 0 aromatic heterocycles. The first-order valence-electron chi connectivity index (χ1n) is 3.10. The molecule has 4 heteroatoms. The van der Waals surface area contributed by atoms with Gasteiger partial charge in [-0.1, -0.05) is 13.8 Å². The normalized spacial score (nSPS) is 9.20. The van der Waals surface area contributed by atoms with E-state index in [1.165, 1.54) is 0 Å². The second-order valence-corrected chi connectivity index (χ2v) is 2.63. The molecule has 0 aromatic carbocycles. The molecule has 0 aliphatic heterocycles. The van der Waals surface area contributed by atoms with Gasteiger partial charge < -0.3 is 10.6 Å². The maximum atomic E-state index is 10.9. The van der Waals surface area contributed by atoms with Crippen molar-refractivity contribution in [3.63, 3.8) is 0 Å². The summed E-state index contributed by atoms with van der Waals surface area (Å²) in [5, 5.41) is 5.53. The van der Waals surface area contributed by atoms with Crippen molar-refractivity contribution in [1.82, 2.24) is 10.6 Å². The summed E-state index contributed by atoms with van der Waals surface area (Å²) in [4.78, 5) is 10.9. The van der Waals surface area contributed by atoms with Gasteiger partial charge in [-0.3, -0.25) is 4.79 Å². The number of amides is 1. The van der Waals surface area contributed by atoms with Crippen LogP contribution in [0.2, 0.25) is 0 Å². The second-order valence-electron chi connectivity index (χ2n) is 2.22. The van der Waals surface area contributed by atoms with Crippen LogP contribution in [0.5, 0.6) is 0 Å². The Kier molecular flexibility index (Phi) is 3.95. The largest absolute Gasteiger partial charge is 0.365 e. The molecule has 0 atom stereocenters. The fraction of sp³-hybridized carbons (Fsp3) is 0.667. The molecule has 0 radical (unpaired) electrons. The maximum Gasteiger partial charge on any atom is 0.228 e. The Balaban J connectivity index is 3.69. The van der Waals surface area contributed by atoms with Gasteiger partial charge in [0.25, 0.3) is 0 Å². The summed E-state index contributed by atoms with van der Waals surface area (Å²) >= 11 is 4.71. The van der Waals surface area contributed by atoms with Crippen LogP contribution in [0.4, 0.5) is 0 Å². The molecule has 0 fully saturated rings. The van der Waals surface area contributed by atoms with Crippen LogP contribution >= 0.6 is 12.2 Å². The number of thiocarbonyl (C=S) groups is 1. The van der Waals surface area contributed by atoms with Gasteiger partial charge in [-0.05, 0) is 12.2 Å². The molecule has 0 saturated heterocycles. The van der Waals surface area contributed by atoms with Crippen LogP contribution in [0.25, 0.3) is 0 Å².